The van der Waals surface area contributed by atoms with Gasteiger partial charge in [-0.05, 0) is 0 Å². The Kier molecular flexibility index (Phi) is 20.3. The van der Waals surface area contributed by atoms with E-state index < -0.39 is 0 Å². The Balaban J connectivity index is -0.000000270. The molecule has 0 radical (unpaired) electrons. The SMILES string of the molecule is [W].[W].[W].[W]=[CH]C1=C([CH]=[W])CCC1. The zero-order chi connectivity index (χ0) is 6.69. The summed E-state index contributed by atoms with van der Waals surface area (Å²) in [5, 5.41) is 0. The summed E-state index contributed by atoms with van der Waals surface area (Å²) in [5.74, 6) is 0. The van der Waals surface area contributed by atoms with Crippen molar-refractivity contribution < 1.29 is 102 Å². The van der Waals surface area contributed by atoms with Crippen molar-refractivity contribution in [3.8, 4) is 0 Å². The van der Waals surface area contributed by atoms with Gasteiger partial charge in [-0.25, -0.2) is 0 Å². The predicted octanol–water partition coefficient (Wildman–Crippen LogP) is 1.16. The third-order valence-corrected chi connectivity index (χ3v) is 3.63. The fourth-order valence-corrected chi connectivity index (χ4v) is 2.99. The zero-order valence-corrected chi connectivity index (χ0v) is 21.0. The Bertz CT molecular complexity index is 155. The van der Waals surface area contributed by atoms with Crippen LogP contribution in [0.25, 0.3) is 0 Å². The molecule has 0 aromatic rings. The summed E-state index contributed by atoms with van der Waals surface area (Å²) >= 11 is 3.19. The summed E-state index contributed by atoms with van der Waals surface area (Å²) in [4.78, 5) is 0. The second kappa shape index (κ2) is 12.0. The van der Waals surface area contributed by atoms with Gasteiger partial charge in [0, 0.05) is 63.2 Å². The summed E-state index contributed by atoms with van der Waals surface area (Å²) in [7, 11) is 0. The van der Waals surface area contributed by atoms with Gasteiger partial charge in [-0.3, -0.25) is 0 Å². The quantitative estimate of drug-likeness (QED) is 0.391. The van der Waals surface area contributed by atoms with Crippen LogP contribution in [0.4, 0.5) is 0 Å². The molecule has 66 valence electrons. The van der Waals surface area contributed by atoms with Crippen molar-refractivity contribution in [1.29, 1.82) is 0 Å². The van der Waals surface area contributed by atoms with Gasteiger partial charge < -0.3 is 0 Å². The molecule has 1 aliphatic rings. The molecule has 0 aliphatic heterocycles. The fourth-order valence-electron chi connectivity index (χ4n) is 1.06. The van der Waals surface area contributed by atoms with Crippen molar-refractivity contribution in [2.75, 3.05) is 0 Å². The Morgan fingerprint density at radius 1 is 0.833 bits per heavy atom. The van der Waals surface area contributed by atoms with Crippen LogP contribution in [0.15, 0.2) is 11.1 Å². The van der Waals surface area contributed by atoms with Gasteiger partial charge in [0.1, 0.15) is 0 Å². The van der Waals surface area contributed by atoms with Crippen molar-refractivity contribution in [2.45, 2.75) is 19.3 Å². The third kappa shape index (κ3) is 6.41. The van der Waals surface area contributed by atoms with E-state index in [2.05, 4.69) is 8.80 Å². The van der Waals surface area contributed by atoms with Crippen molar-refractivity contribution >= 4 is 8.80 Å². The molecule has 0 heterocycles. The van der Waals surface area contributed by atoms with Crippen LogP contribution in [0.2, 0.25) is 0 Å². The van der Waals surface area contributed by atoms with E-state index in [-0.39, 0.29) is 63.2 Å². The van der Waals surface area contributed by atoms with E-state index in [9.17, 15) is 0 Å². The molecule has 0 fully saturated rings. The van der Waals surface area contributed by atoms with E-state index in [1.54, 1.807) is 49.9 Å². The van der Waals surface area contributed by atoms with Gasteiger partial charge in [-0.15, -0.1) is 0 Å². The van der Waals surface area contributed by atoms with Gasteiger partial charge in [0.2, 0.25) is 0 Å². The minimum atomic E-state index is 0. The Morgan fingerprint density at radius 3 is 1.42 bits per heavy atom. The van der Waals surface area contributed by atoms with Crippen molar-refractivity contribution in [3.05, 3.63) is 11.1 Å². The van der Waals surface area contributed by atoms with Crippen LogP contribution in [0.5, 0.6) is 0 Å². The molecule has 0 bridgehead atoms. The molecule has 0 atom stereocenters. The topological polar surface area (TPSA) is 0 Å². The molecule has 0 aromatic carbocycles. The first-order valence-corrected chi connectivity index (χ1v) is 6.39. The second-order valence-corrected chi connectivity index (χ2v) is 3.83. The minimum absolute atomic E-state index is 0. The van der Waals surface area contributed by atoms with Crippen LogP contribution in [0, 0.1) is 0 Å². The molecule has 5 heteroatoms. The first-order chi connectivity index (χ1) is 4.38. The monoisotopic (exact) mass is 1010 g/mol. The van der Waals surface area contributed by atoms with E-state index in [0.29, 0.717) is 0 Å². The van der Waals surface area contributed by atoms with Gasteiger partial charge in [-0.2, -0.15) is 0 Å². The van der Waals surface area contributed by atoms with Crippen LogP contribution in [-0.2, 0) is 102 Å². The van der Waals surface area contributed by atoms with Gasteiger partial charge in [0.15, 0.2) is 0 Å². The van der Waals surface area contributed by atoms with Crippen LogP contribution < -0.4 is 0 Å². The second-order valence-electron chi connectivity index (χ2n) is 2.14. The van der Waals surface area contributed by atoms with Gasteiger partial charge in [-0.1, -0.05) is 0 Å². The molecule has 1 aliphatic carbocycles. The molecule has 12 heavy (non-hydrogen) atoms. The molecule has 1 rings (SSSR count). The molecule has 0 spiro atoms. The molecule has 0 nitrogen and oxygen atoms in total. The number of hydrogen-bond donors (Lipinski definition) is 0. The molecule has 0 unspecified atom stereocenters. The molecule has 0 N–H and O–H groups in total. The van der Waals surface area contributed by atoms with Crippen molar-refractivity contribution in [1.82, 2.24) is 0 Å². The van der Waals surface area contributed by atoms with Crippen LogP contribution in [0.3, 0.4) is 0 Å². The maximum atomic E-state index is 2.34. The molecular formula is C7H8W5. The summed E-state index contributed by atoms with van der Waals surface area (Å²) in [6.07, 6.45) is 4.06. The van der Waals surface area contributed by atoms with Crippen molar-refractivity contribution in [2.24, 2.45) is 0 Å². The Morgan fingerprint density at radius 2 is 1.17 bits per heavy atom. The van der Waals surface area contributed by atoms with Gasteiger partial charge >= 0.3 is 77.9 Å². The summed E-state index contributed by atoms with van der Waals surface area (Å²) in [5.41, 5.74) is 3.25. The average Bonchev–Trinajstić information content (AvgIpc) is 2.33. The first kappa shape index (κ1) is 20.3. The van der Waals surface area contributed by atoms with Gasteiger partial charge in [0.05, 0.1) is 0 Å². The third-order valence-electron chi connectivity index (χ3n) is 1.59. The summed E-state index contributed by atoms with van der Waals surface area (Å²) < 4.78 is 4.67. The van der Waals surface area contributed by atoms with E-state index >= 15 is 0 Å². The van der Waals surface area contributed by atoms with Crippen LogP contribution in [0.1, 0.15) is 19.3 Å². The standard InChI is InChI=1S/C7H8.5W/c1-6-4-3-5-7(6)2;;;;;/h1-2H,3-5H2;;;;;. The molecule has 0 saturated heterocycles. The van der Waals surface area contributed by atoms with Gasteiger partial charge in [0.25, 0.3) is 0 Å². The molecule has 0 amide bonds. The number of hydrogen-bond acceptors (Lipinski definition) is 0. The average molecular weight is 1010 g/mol. The maximum absolute atomic E-state index is 2.34. The molecule has 0 saturated carbocycles. The molecular weight excluding hydrogens is 1000 g/mol. The summed E-state index contributed by atoms with van der Waals surface area (Å²) in [6, 6.07) is 0. The first-order valence-electron chi connectivity index (χ1n) is 3.01. The molecule has 0 aromatic heterocycles. The van der Waals surface area contributed by atoms with E-state index in [1.807, 2.05) is 0 Å². The van der Waals surface area contributed by atoms with Crippen molar-refractivity contribution in [3.63, 3.8) is 0 Å². The number of allylic oxidation sites excluding steroid dienone is 2. The normalized spacial score (nSPS) is 13.7. The van der Waals surface area contributed by atoms with E-state index in [4.69, 9.17) is 0 Å². The fraction of sp³-hybridized carbons (Fsp3) is 0.429. The van der Waals surface area contributed by atoms with E-state index in [0.717, 1.165) is 0 Å². The Hall–Kier alpha value is 2.92. The van der Waals surface area contributed by atoms with Crippen LogP contribution >= 0.6 is 0 Å². The Labute approximate surface area is 139 Å². The number of rotatable bonds is 2. The zero-order valence-electron chi connectivity index (χ0n) is 6.32. The predicted molar refractivity (Wildman–Crippen MR) is 33.0 cm³/mol. The summed E-state index contributed by atoms with van der Waals surface area (Å²) in [6.45, 7) is 0. The van der Waals surface area contributed by atoms with E-state index in [1.165, 1.54) is 19.3 Å². The van der Waals surface area contributed by atoms with Crippen LogP contribution in [-0.4, -0.2) is 8.80 Å².